The standard InChI is InChI=1S/C33H38N2O5/c1-4-22-39-27-18-14-26(15-19-27)31(36)29-30(35(33(38)32(29)37)21-20-34(5-2)6-3)25-12-16-28(17-13-25)40-23-24-10-8-7-9-11-24/h7-19,30,36H,4-6,20-23H2,1-3H3. The number of hydrogen-bond acceptors (Lipinski definition) is 6. The molecule has 0 radical (unpaired) electrons. The lowest BCUT2D eigenvalue weighted by Gasteiger charge is -2.28. The van der Waals surface area contributed by atoms with Crippen molar-refractivity contribution >= 4 is 17.4 Å². The van der Waals surface area contributed by atoms with Crippen LogP contribution in [-0.2, 0) is 16.2 Å². The number of likely N-dealkylation sites (N-methyl/N-ethyl adjacent to an activating group) is 1. The summed E-state index contributed by atoms with van der Waals surface area (Å²) in [7, 11) is 0. The van der Waals surface area contributed by atoms with Gasteiger partial charge in [-0.15, -0.1) is 0 Å². The van der Waals surface area contributed by atoms with Crippen LogP contribution >= 0.6 is 0 Å². The van der Waals surface area contributed by atoms with Gasteiger partial charge in [0, 0.05) is 18.7 Å². The van der Waals surface area contributed by atoms with Crippen LogP contribution in [0, 0.1) is 0 Å². The van der Waals surface area contributed by atoms with Crippen LogP contribution in [0.4, 0.5) is 0 Å². The largest absolute Gasteiger partial charge is 0.507 e. The van der Waals surface area contributed by atoms with Gasteiger partial charge in [0.2, 0.25) is 0 Å². The first-order chi connectivity index (χ1) is 19.5. The Morgan fingerprint density at radius 1 is 0.850 bits per heavy atom. The number of hydrogen-bond donors (Lipinski definition) is 1. The molecule has 3 aromatic carbocycles. The van der Waals surface area contributed by atoms with Crippen molar-refractivity contribution in [3.8, 4) is 11.5 Å². The average Bonchev–Trinajstić information content (AvgIpc) is 3.25. The van der Waals surface area contributed by atoms with Crippen molar-refractivity contribution in [1.82, 2.24) is 9.80 Å². The number of Topliss-reactive ketones (excluding diaryl/α,β-unsaturated/α-hetero) is 1. The molecule has 1 amide bonds. The Bertz CT molecular complexity index is 1300. The normalized spacial score (nSPS) is 16.5. The first kappa shape index (κ1) is 28.9. The van der Waals surface area contributed by atoms with E-state index in [-0.39, 0.29) is 11.3 Å². The maximum absolute atomic E-state index is 13.4. The van der Waals surface area contributed by atoms with Crippen molar-refractivity contribution in [3.05, 3.63) is 101 Å². The van der Waals surface area contributed by atoms with Gasteiger partial charge in [-0.2, -0.15) is 0 Å². The molecule has 0 bridgehead atoms. The van der Waals surface area contributed by atoms with E-state index in [0.717, 1.165) is 30.6 Å². The Morgan fingerprint density at radius 2 is 1.48 bits per heavy atom. The number of ether oxygens (including phenoxy) is 2. The molecule has 1 saturated heterocycles. The number of ketones is 1. The fraction of sp³-hybridized carbons (Fsp3) is 0.333. The van der Waals surface area contributed by atoms with Gasteiger partial charge in [-0.1, -0.05) is 63.2 Å². The summed E-state index contributed by atoms with van der Waals surface area (Å²) >= 11 is 0. The van der Waals surface area contributed by atoms with Crippen LogP contribution in [-0.4, -0.2) is 59.4 Å². The minimum Gasteiger partial charge on any atom is -0.507 e. The number of carbonyl (C=O) groups excluding carboxylic acids is 2. The van der Waals surface area contributed by atoms with Crippen molar-refractivity contribution < 1.29 is 24.2 Å². The van der Waals surface area contributed by atoms with E-state index in [2.05, 4.69) is 18.7 Å². The maximum Gasteiger partial charge on any atom is 0.295 e. The lowest BCUT2D eigenvalue weighted by Crippen LogP contribution is -2.38. The number of aliphatic hydroxyl groups excluding tert-OH is 1. The molecule has 1 aliphatic rings. The summed E-state index contributed by atoms with van der Waals surface area (Å²) in [5.74, 6) is -0.125. The maximum atomic E-state index is 13.4. The third kappa shape index (κ3) is 6.72. The van der Waals surface area contributed by atoms with Gasteiger partial charge in [0.15, 0.2) is 0 Å². The molecule has 210 valence electrons. The lowest BCUT2D eigenvalue weighted by molar-refractivity contribution is -0.140. The molecule has 0 aromatic heterocycles. The molecular weight excluding hydrogens is 504 g/mol. The summed E-state index contributed by atoms with van der Waals surface area (Å²) in [6.07, 6.45) is 0.884. The molecule has 1 heterocycles. The van der Waals surface area contributed by atoms with Gasteiger partial charge in [0.1, 0.15) is 23.9 Å². The summed E-state index contributed by atoms with van der Waals surface area (Å²) < 4.78 is 11.6. The van der Waals surface area contributed by atoms with E-state index in [1.54, 1.807) is 29.2 Å². The van der Waals surface area contributed by atoms with Crippen molar-refractivity contribution in [3.63, 3.8) is 0 Å². The smallest absolute Gasteiger partial charge is 0.295 e. The van der Waals surface area contributed by atoms with Crippen molar-refractivity contribution in [2.45, 2.75) is 39.8 Å². The molecule has 7 heteroatoms. The lowest BCUT2D eigenvalue weighted by atomic mass is 9.95. The third-order valence-corrected chi connectivity index (χ3v) is 7.14. The first-order valence-corrected chi connectivity index (χ1v) is 14.0. The first-order valence-electron chi connectivity index (χ1n) is 14.0. The highest BCUT2D eigenvalue weighted by molar-refractivity contribution is 6.46. The fourth-order valence-electron chi connectivity index (χ4n) is 4.82. The van der Waals surface area contributed by atoms with E-state index < -0.39 is 17.7 Å². The second-order valence-electron chi connectivity index (χ2n) is 9.74. The van der Waals surface area contributed by atoms with E-state index in [4.69, 9.17) is 9.47 Å². The molecule has 4 rings (SSSR count). The zero-order valence-electron chi connectivity index (χ0n) is 23.5. The third-order valence-electron chi connectivity index (χ3n) is 7.14. The number of aliphatic hydroxyl groups is 1. The Balaban J connectivity index is 1.65. The molecule has 1 unspecified atom stereocenters. The second-order valence-corrected chi connectivity index (χ2v) is 9.74. The monoisotopic (exact) mass is 542 g/mol. The predicted octanol–water partition coefficient (Wildman–Crippen LogP) is 5.82. The molecule has 0 saturated carbocycles. The topological polar surface area (TPSA) is 79.3 Å². The summed E-state index contributed by atoms with van der Waals surface area (Å²) in [4.78, 5) is 30.4. The molecule has 40 heavy (non-hydrogen) atoms. The number of benzene rings is 3. The van der Waals surface area contributed by atoms with Crippen LogP contribution in [0.15, 0.2) is 84.4 Å². The zero-order valence-corrected chi connectivity index (χ0v) is 23.5. The number of likely N-dealkylation sites (tertiary alicyclic amines) is 1. The van der Waals surface area contributed by atoms with Crippen molar-refractivity contribution in [2.75, 3.05) is 32.8 Å². The van der Waals surface area contributed by atoms with Gasteiger partial charge >= 0.3 is 0 Å². The highest BCUT2D eigenvalue weighted by Crippen LogP contribution is 2.40. The number of rotatable bonds is 13. The van der Waals surface area contributed by atoms with Crippen molar-refractivity contribution in [1.29, 1.82) is 0 Å². The van der Waals surface area contributed by atoms with Crippen LogP contribution in [0.1, 0.15) is 49.9 Å². The van der Waals surface area contributed by atoms with Gasteiger partial charge in [-0.05, 0) is 67.0 Å². The average molecular weight is 543 g/mol. The molecule has 1 atom stereocenters. The highest BCUT2D eigenvalue weighted by atomic mass is 16.5. The SMILES string of the molecule is CCCOc1ccc(C(O)=C2C(=O)C(=O)N(CCN(CC)CC)C2c2ccc(OCc3ccccc3)cc2)cc1. The summed E-state index contributed by atoms with van der Waals surface area (Å²) in [6.45, 7) is 9.85. The highest BCUT2D eigenvalue weighted by Gasteiger charge is 2.46. The van der Waals surface area contributed by atoms with Crippen LogP contribution in [0.2, 0.25) is 0 Å². The summed E-state index contributed by atoms with van der Waals surface area (Å²) in [6, 6.07) is 23.5. The number of amides is 1. The van der Waals surface area contributed by atoms with E-state index >= 15 is 0 Å². The zero-order chi connectivity index (χ0) is 28.5. The molecule has 0 aliphatic carbocycles. The number of nitrogens with zero attached hydrogens (tertiary/aromatic N) is 2. The van der Waals surface area contributed by atoms with Crippen LogP contribution in [0.5, 0.6) is 11.5 Å². The Labute approximate surface area is 236 Å². The molecule has 7 nitrogen and oxygen atoms in total. The van der Waals surface area contributed by atoms with Gasteiger partial charge < -0.3 is 24.4 Å². The van der Waals surface area contributed by atoms with Crippen LogP contribution < -0.4 is 9.47 Å². The molecule has 1 aliphatic heterocycles. The minimum atomic E-state index is -0.713. The molecule has 1 N–H and O–H groups in total. The quantitative estimate of drug-likeness (QED) is 0.167. The predicted molar refractivity (Wildman–Crippen MR) is 156 cm³/mol. The van der Waals surface area contributed by atoms with E-state index in [1.165, 1.54) is 0 Å². The Kier molecular flexibility index (Phi) is 9.97. The van der Waals surface area contributed by atoms with E-state index in [1.807, 2.05) is 61.5 Å². The number of carbonyl (C=O) groups is 2. The Morgan fingerprint density at radius 3 is 2.10 bits per heavy atom. The van der Waals surface area contributed by atoms with E-state index in [0.29, 0.717) is 43.4 Å². The Hall–Kier alpha value is -4.10. The van der Waals surface area contributed by atoms with E-state index in [9.17, 15) is 14.7 Å². The van der Waals surface area contributed by atoms with Gasteiger partial charge in [-0.25, -0.2) is 0 Å². The van der Waals surface area contributed by atoms with Crippen LogP contribution in [0.25, 0.3) is 5.76 Å². The molecule has 0 spiro atoms. The van der Waals surface area contributed by atoms with Gasteiger partial charge in [0.25, 0.3) is 11.7 Å². The molecular formula is C33H38N2O5. The fourth-order valence-corrected chi connectivity index (χ4v) is 4.82. The molecule has 1 fully saturated rings. The summed E-state index contributed by atoms with van der Waals surface area (Å²) in [5, 5.41) is 11.4. The summed E-state index contributed by atoms with van der Waals surface area (Å²) in [5.41, 5.74) is 2.33. The minimum absolute atomic E-state index is 0.0877. The van der Waals surface area contributed by atoms with Crippen molar-refractivity contribution in [2.24, 2.45) is 0 Å². The van der Waals surface area contributed by atoms with Gasteiger partial charge in [-0.3, -0.25) is 9.59 Å². The molecule has 3 aromatic rings. The van der Waals surface area contributed by atoms with Gasteiger partial charge in [0.05, 0.1) is 18.2 Å². The second kappa shape index (κ2) is 13.8. The van der Waals surface area contributed by atoms with Crippen LogP contribution in [0.3, 0.4) is 0 Å².